The van der Waals surface area contributed by atoms with Gasteiger partial charge in [0, 0.05) is 19.6 Å². The third-order valence-corrected chi connectivity index (χ3v) is 1.82. The molecule has 0 amide bonds. The molecule has 1 heterocycles. The van der Waals surface area contributed by atoms with Gasteiger partial charge in [0.1, 0.15) is 12.2 Å². The van der Waals surface area contributed by atoms with Crippen LogP contribution in [-0.2, 0) is 13.6 Å². The van der Waals surface area contributed by atoms with Crippen LogP contribution >= 0.6 is 0 Å². The maximum absolute atomic E-state index is 5.68. The first-order chi connectivity index (χ1) is 6.09. The molecular formula is C8H17N5. The maximum Gasteiger partial charge on any atom is 0.140 e. The molecule has 1 aromatic heterocycles. The van der Waals surface area contributed by atoms with E-state index in [0.717, 1.165) is 18.9 Å². The number of nitrogens with zero attached hydrogens (tertiary/aromatic N) is 4. The van der Waals surface area contributed by atoms with Crippen molar-refractivity contribution < 1.29 is 0 Å². The first-order valence-electron chi connectivity index (χ1n) is 4.36. The number of likely N-dealkylation sites (N-methyl/N-ethyl adjacent to an activating group) is 1. The van der Waals surface area contributed by atoms with Gasteiger partial charge in [-0.3, -0.25) is 9.58 Å². The Kier molecular flexibility index (Phi) is 3.39. The SMILES string of the molecule is CC(N)CN(C)Cc1ncnn1C. The van der Waals surface area contributed by atoms with Crippen LogP contribution in [0.2, 0.25) is 0 Å². The fourth-order valence-corrected chi connectivity index (χ4v) is 1.26. The molecule has 0 aromatic carbocycles. The predicted molar refractivity (Wildman–Crippen MR) is 51.0 cm³/mol. The monoisotopic (exact) mass is 183 g/mol. The Bertz CT molecular complexity index is 255. The lowest BCUT2D eigenvalue weighted by atomic mass is 10.3. The van der Waals surface area contributed by atoms with Gasteiger partial charge >= 0.3 is 0 Å². The second kappa shape index (κ2) is 4.34. The first-order valence-corrected chi connectivity index (χ1v) is 4.36. The molecular weight excluding hydrogens is 166 g/mol. The van der Waals surface area contributed by atoms with Gasteiger partial charge in [-0.15, -0.1) is 0 Å². The molecule has 0 saturated carbocycles. The van der Waals surface area contributed by atoms with Gasteiger partial charge in [0.2, 0.25) is 0 Å². The van der Waals surface area contributed by atoms with Crippen molar-refractivity contribution in [2.45, 2.75) is 19.5 Å². The molecule has 74 valence electrons. The minimum Gasteiger partial charge on any atom is -0.327 e. The Balaban J connectivity index is 2.45. The zero-order valence-corrected chi connectivity index (χ0v) is 8.44. The first kappa shape index (κ1) is 10.1. The van der Waals surface area contributed by atoms with E-state index in [0.29, 0.717) is 0 Å². The summed E-state index contributed by atoms with van der Waals surface area (Å²) in [7, 11) is 3.92. The molecule has 0 bridgehead atoms. The summed E-state index contributed by atoms with van der Waals surface area (Å²) in [5, 5.41) is 4.00. The lowest BCUT2D eigenvalue weighted by Crippen LogP contribution is -2.33. The summed E-state index contributed by atoms with van der Waals surface area (Å²) in [5.41, 5.74) is 5.68. The summed E-state index contributed by atoms with van der Waals surface area (Å²) in [6, 6.07) is 0.193. The third kappa shape index (κ3) is 3.12. The van der Waals surface area contributed by atoms with Crippen LogP contribution in [0.4, 0.5) is 0 Å². The molecule has 5 heteroatoms. The lowest BCUT2D eigenvalue weighted by Gasteiger charge is -2.17. The van der Waals surface area contributed by atoms with Crippen LogP contribution < -0.4 is 5.73 Å². The largest absolute Gasteiger partial charge is 0.327 e. The van der Waals surface area contributed by atoms with Gasteiger partial charge in [-0.25, -0.2) is 4.98 Å². The Morgan fingerprint density at radius 2 is 2.38 bits per heavy atom. The smallest absolute Gasteiger partial charge is 0.140 e. The summed E-state index contributed by atoms with van der Waals surface area (Å²) >= 11 is 0. The highest BCUT2D eigenvalue weighted by atomic mass is 15.3. The molecule has 2 N–H and O–H groups in total. The third-order valence-electron chi connectivity index (χ3n) is 1.82. The number of hydrogen-bond acceptors (Lipinski definition) is 4. The van der Waals surface area contributed by atoms with E-state index in [1.807, 2.05) is 21.0 Å². The van der Waals surface area contributed by atoms with Crippen LogP contribution in [0.5, 0.6) is 0 Å². The second-order valence-corrected chi connectivity index (χ2v) is 3.47. The van der Waals surface area contributed by atoms with Crippen molar-refractivity contribution in [3.05, 3.63) is 12.2 Å². The van der Waals surface area contributed by atoms with Gasteiger partial charge in [0.25, 0.3) is 0 Å². The van der Waals surface area contributed by atoms with Crippen LogP contribution in [0, 0.1) is 0 Å². The van der Waals surface area contributed by atoms with Crippen molar-refractivity contribution in [3.8, 4) is 0 Å². The van der Waals surface area contributed by atoms with E-state index >= 15 is 0 Å². The normalized spacial score (nSPS) is 13.6. The van der Waals surface area contributed by atoms with Crippen LogP contribution in [0.1, 0.15) is 12.7 Å². The van der Waals surface area contributed by atoms with Crippen LogP contribution in [0.15, 0.2) is 6.33 Å². The zero-order valence-electron chi connectivity index (χ0n) is 8.44. The quantitative estimate of drug-likeness (QED) is 0.689. The average molecular weight is 183 g/mol. The van der Waals surface area contributed by atoms with Gasteiger partial charge in [-0.05, 0) is 14.0 Å². The highest BCUT2D eigenvalue weighted by molar-refractivity contribution is 4.83. The zero-order chi connectivity index (χ0) is 9.84. The Labute approximate surface area is 78.5 Å². The Morgan fingerprint density at radius 3 is 2.85 bits per heavy atom. The molecule has 1 rings (SSSR count). The van der Waals surface area contributed by atoms with Crippen molar-refractivity contribution in [1.82, 2.24) is 19.7 Å². The standard InChI is InChI=1S/C8H17N5/c1-7(9)4-12(2)5-8-10-6-11-13(8)3/h6-7H,4-5,9H2,1-3H3. The van der Waals surface area contributed by atoms with Gasteiger partial charge in [0.15, 0.2) is 0 Å². The molecule has 0 saturated heterocycles. The molecule has 0 aliphatic carbocycles. The van der Waals surface area contributed by atoms with E-state index in [1.165, 1.54) is 0 Å². The number of aryl methyl sites for hydroxylation is 1. The summed E-state index contributed by atoms with van der Waals surface area (Å²) in [6.07, 6.45) is 1.56. The summed E-state index contributed by atoms with van der Waals surface area (Å²) in [6.45, 7) is 3.65. The Morgan fingerprint density at radius 1 is 1.69 bits per heavy atom. The fourth-order valence-electron chi connectivity index (χ4n) is 1.26. The minimum atomic E-state index is 0.193. The summed E-state index contributed by atoms with van der Waals surface area (Å²) in [5.74, 6) is 0.961. The van der Waals surface area contributed by atoms with Gasteiger partial charge < -0.3 is 5.73 Å². The molecule has 0 spiro atoms. The van der Waals surface area contributed by atoms with Crippen molar-refractivity contribution in [3.63, 3.8) is 0 Å². The summed E-state index contributed by atoms with van der Waals surface area (Å²) < 4.78 is 1.78. The molecule has 13 heavy (non-hydrogen) atoms. The van der Waals surface area contributed by atoms with Crippen molar-refractivity contribution in [1.29, 1.82) is 0 Å². The summed E-state index contributed by atoms with van der Waals surface area (Å²) in [4.78, 5) is 6.27. The highest BCUT2D eigenvalue weighted by Gasteiger charge is 2.06. The lowest BCUT2D eigenvalue weighted by molar-refractivity contribution is 0.298. The maximum atomic E-state index is 5.68. The van der Waals surface area contributed by atoms with E-state index in [1.54, 1.807) is 11.0 Å². The fraction of sp³-hybridized carbons (Fsp3) is 0.750. The molecule has 1 atom stereocenters. The van der Waals surface area contributed by atoms with Gasteiger partial charge in [0.05, 0.1) is 6.54 Å². The van der Waals surface area contributed by atoms with Crippen LogP contribution in [0.3, 0.4) is 0 Å². The van der Waals surface area contributed by atoms with E-state index < -0.39 is 0 Å². The van der Waals surface area contributed by atoms with Gasteiger partial charge in [-0.1, -0.05) is 0 Å². The molecule has 0 aliphatic rings. The minimum absolute atomic E-state index is 0.193. The average Bonchev–Trinajstić information content (AvgIpc) is 2.34. The molecule has 5 nitrogen and oxygen atoms in total. The van der Waals surface area contributed by atoms with Gasteiger partial charge in [-0.2, -0.15) is 5.10 Å². The van der Waals surface area contributed by atoms with Crippen molar-refractivity contribution in [2.75, 3.05) is 13.6 Å². The number of nitrogens with two attached hydrogens (primary N) is 1. The van der Waals surface area contributed by atoms with Crippen LogP contribution in [-0.4, -0.2) is 39.3 Å². The molecule has 0 aliphatic heterocycles. The number of rotatable bonds is 4. The predicted octanol–water partition coefficient (Wildman–Crippen LogP) is -0.406. The molecule has 0 radical (unpaired) electrons. The van der Waals surface area contributed by atoms with E-state index in [9.17, 15) is 0 Å². The molecule has 1 aromatic rings. The van der Waals surface area contributed by atoms with E-state index in [4.69, 9.17) is 5.73 Å². The number of aromatic nitrogens is 3. The highest BCUT2D eigenvalue weighted by Crippen LogP contribution is 1.97. The molecule has 0 fully saturated rings. The van der Waals surface area contributed by atoms with E-state index in [2.05, 4.69) is 15.0 Å². The Hall–Kier alpha value is -0.940. The van der Waals surface area contributed by atoms with Crippen molar-refractivity contribution >= 4 is 0 Å². The number of hydrogen-bond donors (Lipinski definition) is 1. The van der Waals surface area contributed by atoms with E-state index in [-0.39, 0.29) is 6.04 Å². The van der Waals surface area contributed by atoms with Crippen molar-refractivity contribution in [2.24, 2.45) is 12.8 Å². The molecule has 1 unspecified atom stereocenters. The topological polar surface area (TPSA) is 60.0 Å². The second-order valence-electron chi connectivity index (χ2n) is 3.47. The van der Waals surface area contributed by atoms with Crippen LogP contribution in [0.25, 0.3) is 0 Å².